The second-order valence-electron chi connectivity index (χ2n) is 7.44. The van der Waals surface area contributed by atoms with Crippen LogP contribution < -0.4 is 9.64 Å². The van der Waals surface area contributed by atoms with Crippen molar-refractivity contribution in [2.75, 3.05) is 57.3 Å². The van der Waals surface area contributed by atoms with Crippen molar-refractivity contribution < 1.29 is 9.84 Å². The predicted octanol–water partition coefficient (Wildman–Crippen LogP) is 3.37. The number of rotatable bonds is 6. The first kappa shape index (κ1) is 19.5. The molecule has 0 spiro atoms. The number of β-amino-alcohol motifs (C(OH)–C–C–N with tert-alkyl or cyclic N) is 1. The first-order valence-electron chi connectivity index (χ1n) is 10.1. The van der Waals surface area contributed by atoms with E-state index in [9.17, 15) is 0 Å². The van der Waals surface area contributed by atoms with Gasteiger partial charge < -0.3 is 19.6 Å². The van der Waals surface area contributed by atoms with Gasteiger partial charge >= 0.3 is 0 Å². The minimum Gasteiger partial charge on any atom is -0.487 e. The molecule has 0 amide bonds. The fourth-order valence-corrected chi connectivity index (χ4v) is 4.24. The van der Waals surface area contributed by atoms with Gasteiger partial charge in [0.2, 0.25) is 0 Å². The number of piperazine rings is 1. The van der Waals surface area contributed by atoms with E-state index in [-0.39, 0.29) is 6.61 Å². The van der Waals surface area contributed by atoms with Crippen molar-refractivity contribution in [1.29, 1.82) is 0 Å². The highest BCUT2D eigenvalue weighted by Gasteiger charge is 2.22. The standard InChI is InChI=1S/C22H28ClN3O2/c23-19-6-7-22-21(16-19)26(20-5-2-1-4-18(20)17-28-22)9-3-8-24-10-12-25(13-11-24)14-15-27/h1-2,4-7,16,27H,3,8-15,17H2. The maximum atomic E-state index is 9.09. The number of benzene rings is 2. The van der Waals surface area contributed by atoms with Gasteiger partial charge in [0.05, 0.1) is 12.3 Å². The van der Waals surface area contributed by atoms with Gasteiger partial charge in [0.25, 0.3) is 0 Å². The van der Waals surface area contributed by atoms with E-state index in [4.69, 9.17) is 21.4 Å². The van der Waals surface area contributed by atoms with Gasteiger partial charge in [-0.05, 0) is 37.2 Å². The molecule has 0 aliphatic carbocycles. The number of aliphatic hydroxyl groups is 1. The smallest absolute Gasteiger partial charge is 0.143 e. The van der Waals surface area contributed by atoms with Crippen molar-refractivity contribution in [3.05, 3.63) is 53.1 Å². The third-order valence-corrected chi connectivity index (χ3v) is 5.85. The molecule has 1 fully saturated rings. The quantitative estimate of drug-likeness (QED) is 0.803. The molecule has 0 saturated carbocycles. The number of hydrogen-bond acceptors (Lipinski definition) is 5. The van der Waals surface area contributed by atoms with E-state index in [1.54, 1.807) is 0 Å². The molecular weight excluding hydrogens is 374 g/mol. The van der Waals surface area contributed by atoms with Crippen LogP contribution in [0.3, 0.4) is 0 Å². The van der Waals surface area contributed by atoms with E-state index in [2.05, 4.69) is 39.0 Å². The minimum absolute atomic E-state index is 0.248. The second-order valence-corrected chi connectivity index (χ2v) is 7.88. The number of ether oxygens (including phenoxy) is 1. The van der Waals surface area contributed by atoms with Crippen LogP contribution in [0.5, 0.6) is 5.75 Å². The molecule has 0 aromatic heterocycles. The summed E-state index contributed by atoms with van der Waals surface area (Å²) in [4.78, 5) is 7.20. The lowest BCUT2D eigenvalue weighted by Crippen LogP contribution is -2.47. The number of hydrogen-bond donors (Lipinski definition) is 1. The molecule has 2 aromatic rings. The Morgan fingerprint density at radius 3 is 2.43 bits per heavy atom. The zero-order valence-electron chi connectivity index (χ0n) is 16.2. The van der Waals surface area contributed by atoms with E-state index in [1.165, 1.54) is 11.3 Å². The average molecular weight is 402 g/mol. The van der Waals surface area contributed by atoms with Gasteiger partial charge in [-0.2, -0.15) is 0 Å². The van der Waals surface area contributed by atoms with Gasteiger partial charge in [-0.1, -0.05) is 29.8 Å². The largest absolute Gasteiger partial charge is 0.487 e. The van der Waals surface area contributed by atoms with Crippen molar-refractivity contribution in [3.63, 3.8) is 0 Å². The Morgan fingerprint density at radius 1 is 0.893 bits per heavy atom. The summed E-state index contributed by atoms with van der Waals surface area (Å²) in [6.07, 6.45) is 1.07. The Labute approximate surface area is 172 Å². The Morgan fingerprint density at radius 2 is 1.64 bits per heavy atom. The molecule has 0 radical (unpaired) electrons. The maximum Gasteiger partial charge on any atom is 0.143 e. The van der Waals surface area contributed by atoms with Crippen LogP contribution in [0, 0.1) is 0 Å². The number of halogens is 1. The van der Waals surface area contributed by atoms with E-state index < -0.39 is 0 Å². The van der Waals surface area contributed by atoms with Gasteiger partial charge in [0.1, 0.15) is 12.4 Å². The van der Waals surface area contributed by atoms with Crippen LogP contribution in [0.4, 0.5) is 11.4 Å². The molecule has 2 aliphatic rings. The summed E-state index contributed by atoms with van der Waals surface area (Å²) < 4.78 is 6.05. The van der Waals surface area contributed by atoms with Gasteiger partial charge in [0, 0.05) is 55.5 Å². The highest BCUT2D eigenvalue weighted by atomic mass is 35.5. The van der Waals surface area contributed by atoms with Crippen LogP contribution in [0.2, 0.25) is 5.02 Å². The Kier molecular flexibility index (Phi) is 6.37. The lowest BCUT2D eigenvalue weighted by atomic mass is 10.1. The van der Waals surface area contributed by atoms with Gasteiger partial charge in [-0.3, -0.25) is 4.90 Å². The zero-order valence-corrected chi connectivity index (χ0v) is 16.9. The summed E-state index contributed by atoms with van der Waals surface area (Å²) in [6, 6.07) is 14.3. The minimum atomic E-state index is 0.248. The summed E-state index contributed by atoms with van der Waals surface area (Å²) in [5.74, 6) is 0.887. The van der Waals surface area contributed by atoms with Crippen LogP contribution in [-0.4, -0.2) is 67.3 Å². The summed E-state index contributed by atoms with van der Waals surface area (Å²) in [5.41, 5.74) is 3.45. The first-order chi connectivity index (χ1) is 13.7. The van der Waals surface area contributed by atoms with Crippen LogP contribution in [0.15, 0.2) is 42.5 Å². The lowest BCUT2D eigenvalue weighted by Gasteiger charge is -2.35. The third-order valence-electron chi connectivity index (χ3n) is 5.61. The molecule has 2 aliphatic heterocycles. The van der Waals surface area contributed by atoms with Crippen molar-refractivity contribution >= 4 is 23.0 Å². The molecule has 6 heteroatoms. The Bertz CT molecular complexity index is 793. The number of nitrogens with zero attached hydrogens (tertiary/aromatic N) is 3. The molecule has 5 nitrogen and oxygen atoms in total. The predicted molar refractivity (Wildman–Crippen MR) is 114 cm³/mol. The van der Waals surface area contributed by atoms with E-state index >= 15 is 0 Å². The molecule has 28 heavy (non-hydrogen) atoms. The molecule has 1 N–H and O–H groups in total. The first-order valence-corrected chi connectivity index (χ1v) is 10.5. The van der Waals surface area contributed by atoms with E-state index in [0.29, 0.717) is 6.61 Å². The summed E-state index contributed by atoms with van der Waals surface area (Å²) >= 11 is 6.30. The highest BCUT2D eigenvalue weighted by Crippen LogP contribution is 2.40. The summed E-state index contributed by atoms with van der Waals surface area (Å²) in [6.45, 7) is 7.83. The van der Waals surface area contributed by atoms with Crippen LogP contribution in [-0.2, 0) is 6.61 Å². The number of para-hydroxylation sites is 1. The highest BCUT2D eigenvalue weighted by molar-refractivity contribution is 6.31. The van der Waals surface area contributed by atoms with Crippen LogP contribution in [0.25, 0.3) is 0 Å². The van der Waals surface area contributed by atoms with Crippen molar-refractivity contribution in [1.82, 2.24) is 9.80 Å². The molecule has 0 unspecified atom stereocenters. The number of aliphatic hydroxyl groups excluding tert-OH is 1. The maximum absolute atomic E-state index is 9.09. The van der Waals surface area contributed by atoms with Crippen molar-refractivity contribution in [3.8, 4) is 5.75 Å². The van der Waals surface area contributed by atoms with Crippen LogP contribution >= 0.6 is 11.6 Å². The van der Waals surface area contributed by atoms with Gasteiger partial charge in [-0.25, -0.2) is 0 Å². The Balaban J connectivity index is 1.44. The SMILES string of the molecule is OCCN1CCN(CCCN2c3ccccc3COc3ccc(Cl)cc32)CC1. The molecule has 0 bridgehead atoms. The van der Waals surface area contributed by atoms with Crippen molar-refractivity contribution in [2.24, 2.45) is 0 Å². The lowest BCUT2D eigenvalue weighted by molar-refractivity contribution is 0.112. The van der Waals surface area contributed by atoms with E-state index in [1.807, 2.05) is 18.2 Å². The summed E-state index contributed by atoms with van der Waals surface area (Å²) in [7, 11) is 0. The fourth-order valence-electron chi connectivity index (χ4n) is 4.08. The average Bonchev–Trinajstić information content (AvgIpc) is 2.87. The molecular formula is C22H28ClN3O2. The molecule has 4 rings (SSSR count). The topological polar surface area (TPSA) is 39.2 Å². The van der Waals surface area contributed by atoms with Crippen LogP contribution in [0.1, 0.15) is 12.0 Å². The molecule has 2 heterocycles. The molecule has 150 valence electrons. The molecule has 2 aromatic carbocycles. The number of fused-ring (bicyclic) bond motifs is 2. The van der Waals surface area contributed by atoms with Gasteiger partial charge in [-0.15, -0.1) is 0 Å². The normalized spacial score (nSPS) is 17.6. The second kappa shape index (κ2) is 9.14. The zero-order chi connectivity index (χ0) is 19.3. The third kappa shape index (κ3) is 4.44. The van der Waals surface area contributed by atoms with Gasteiger partial charge in [0.15, 0.2) is 0 Å². The Hall–Kier alpha value is -1.79. The monoisotopic (exact) mass is 401 g/mol. The molecule has 1 saturated heterocycles. The molecule has 0 atom stereocenters. The van der Waals surface area contributed by atoms with Crippen molar-refractivity contribution in [2.45, 2.75) is 13.0 Å². The van der Waals surface area contributed by atoms with E-state index in [0.717, 1.165) is 68.7 Å². The number of anilines is 2. The summed E-state index contributed by atoms with van der Waals surface area (Å²) in [5, 5.41) is 9.82. The fraction of sp³-hybridized carbons (Fsp3) is 0.455.